The van der Waals surface area contributed by atoms with Gasteiger partial charge in [0.2, 0.25) is 0 Å². The molecule has 1 aromatic heterocycles. The molecule has 1 N–H and O–H groups in total. The zero-order chi connectivity index (χ0) is 15.7. The van der Waals surface area contributed by atoms with Crippen LogP contribution in [0.5, 0.6) is 0 Å². The van der Waals surface area contributed by atoms with E-state index in [0.717, 1.165) is 5.69 Å². The molecule has 0 aliphatic carbocycles. The largest absolute Gasteiger partial charge is 0.370 e. The van der Waals surface area contributed by atoms with Crippen LogP contribution < -0.4 is 4.90 Å². The molecule has 1 amide bonds. The molecule has 7 heteroatoms. The quantitative estimate of drug-likeness (QED) is 0.916. The van der Waals surface area contributed by atoms with Crippen LogP contribution in [-0.4, -0.2) is 37.4 Å². The average Bonchev–Trinajstić information content (AvgIpc) is 3.04. The van der Waals surface area contributed by atoms with E-state index >= 15 is 0 Å². The van der Waals surface area contributed by atoms with Gasteiger partial charge in [0.25, 0.3) is 5.91 Å². The number of nitrogens with zero attached hydrogens (tertiary/aromatic N) is 4. The number of carbonyl (C=O) groups is 1. The standard InChI is InChI=1S/C15H16N4O2S/c1-15(21)10-22-14(19(15)12-6-4-3-5-7-12)17-13(20)11-8-16-18(2)9-11/h3-9,21H,10H2,1-2H3. The van der Waals surface area contributed by atoms with Crippen LogP contribution in [0.3, 0.4) is 0 Å². The van der Waals surface area contributed by atoms with Crippen LogP contribution in [0.15, 0.2) is 47.7 Å². The summed E-state index contributed by atoms with van der Waals surface area (Å²) in [4.78, 5) is 18.1. The summed E-state index contributed by atoms with van der Waals surface area (Å²) in [5.74, 6) is 0.0790. The fourth-order valence-corrected chi connectivity index (χ4v) is 3.38. The maximum atomic E-state index is 12.2. The molecule has 0 bridgehead atoms. The van der Waals surface area contributed by atoms with Crippen LogP contribution in [0.4, 0.5) is 5.69 Å². The van der Waals surface area contributed by atoms with Crippen LogP contribution in [-0.2, 0) is 7.05 Å². The summed E-state index contributed by atoms with van der Waals surface area (Å²) in [5.41, 5.74) is 0.144. The van der Waals surface area contributed by atoms with Crippen LogP contribution in [0, 0.1) is 0 Å². The molecule has 0 radical (unpaired) electrons. The second-order valence-electron chi connectivity index (χ2n) is 5.28. The lowest BCUT2D eigenvalue weighted by atomic mass is 10.2. The number of rotatable bonds is 2. The van der Waals surface area contributed by atoms with E-state index in [1.165, 1.54) is 18.0 Å². The van der Waals surface area contributed by atoms with Gasteiger partial charge in [-0.1, -0.05) is 30.0 Å². The highest BCUT2D eigenvalue weighted by Gasteiger charge is 2.40. The van der Waals surface area contributed by atoms with Crippen molar-refractivity contribution in [2.24, 2.45) is 12.0 Å². The number of carbonyl (C=O) groups excluding carboxylic acids is 1. The van der Waals surface area contributed by atoms with Gasteiger partial charge in [0.15, 0.2) is 10.9 Å². The number of aryl methyl sites for hydroxylation is 1. The van der Waals surface area contributed by atoms with E-state index < -0.39 is 5.72 Å². The minimum atomic E-state index is -1.08. The SMILES string of the molecule is Cn1cc(C(=O)N=C2SCC(C)(O)N2c2ccccc2)cn1. The highest BCUT2D eigenvalue weighted by Crippen LogP contribution is 2.35. The number of amidine groups is 1. The number of thioether (sulfide) groups is 1. The topological polar surface area (TPSA) is 70.7 Å². The Bertz CT molecular complexity index is 724. The van der Waals surface area contributed by atoms with Crippen molar-refractivity contribution >= 4 is 28.5 Å². The van der Waals surface area contributed by atoms with E-state index in [2.05, 4.69) is 10.1 Å². The first-order valence-corrected chi connectivity index (χ1v) is 7.78. The minimum absolute atomic E-state index is 0.366. The summed E-state index contributed by atoms with van der Waals surface area (Å²) < 4.78 is 1.56. The highest BCUT2D eigenvalue weighted by molar-refractivity contribution is 8.14. The zero-order valence-corrected chi connectivity index (χ0v) is 13.1. The number of hydrogen-bond donors (Lipinski definition) is 1. The number of anilines is 1. The Balaban J connectivity index is 1.95. The molecular formula is C15H16N4O2S. The molecule has 1 aromatic carbocycles. The molecule has 1 atom stereocenters. The first kappa shape index (κ1) is 14.8. The minimum Gasteiger partial charge on any atom is -0.370 e. The van der Waals surface area contributed by atoms with Crippen molar-refractivity contribution < 1.29 is 9.90 Å². The van der Waals surface area contributed by atoms with Crippen LogP contribution in [0.25, 0.3) is 0 Å². The summed E-state index contributed by atoms with van der Waals surface area (Å²) in [5, 5.41) is 15.0. The van der Waals surface area contributed by atoms with Crippen molar-refractivity contribution in [1.29, 1.82) is 0 Å². The molecule has 6 nitrogen and oxygen atoms in total. The maximum Gasteiger partial charge on any atom is 0.282 e. The summed E-state index contributed by atoms with van der Waals surface area (Å²) in [6.07, 6.45) is 3.11. The molecule has 2 heterocycles. The molecule has 22 heavy (non-hydrogen) atoms. The Morgan fingerprint density at radius 1 is 1.41 bits per heavy atom. The average molecular weight is 316 g/mol. The molecule has 3 rings (SSSR count). The monoisotopic (exact) mass is 316 g/mol. The number of amides is 1. The van der Waals surface area contributed by atoms with Gasteiger partial charge >= 0.3 is 0 Å². The molecule has 2 aromatic rings. The summed E-state index contributed by atoms with van der Waals surface area (Å²) in [6, 6.07) is 9.43. The molecule has 1 unspecified atom stereocenters. The Labute approximate surface area is 132 Å². The molecule has 0 spiro atoms. The fraction of sp³-hybridized carbons (Fsp3) is 0.267. The number of aliphatic hydroxyl groups is 1. The first-order chi connectivity index (χ1) is 10.5. The predicted octanol–water partition coefficient (Wildman–Crippen LogP) is 1.88. The Hall–Kier alpha value is -2.12. The van der Waals surface area contributed by atoms with E-state index in [1.807, 2.05) is 30.3 Å². The summed E-state index contributed by atoms with van der Waals surface area (Å²) in [6.45, 7) is 1.71. The first-order valence-electron chi connectivity index (χ1n) is 6.79. The zero-order valence-electron chi connectivity index (χ0n) is 12.3. The van der Waals surface area contributed by atoms with E-state index in [9.17, 15) is 9.90 Å². The lowest BCUT2D eigenvalue weighted by Gasteiger charge is -2.30. The van der Waals surface area contributed by atoms with E-state index in [1.54, 1.807) is 29.7 Å². The fourth-order valence-electron chi connectivity index (χ4n) is 2.27. The number of benzene rings is 1. The molecule has 1 saturated heterocycles. The van der Waals surface area contributed by atoms with Crippen LogP contribution >= 0.6 is 11.8 Å². The maximum absolute atomic E-state index is 12.2. The normalized spacial score (nSPS) is 23.2. The Morgan fingerprint density at radius 3 is 2.77 bits per heavy atom. The van der Waals surface area contributed by atoms with Gasteiger partial charge in [-0.25, -0.2) is 0 Å². The third-order valence-electron chi connectivity index (χ3n) is 3.31. The van der Waals surface area contributed by atoms with Gasteiger partial charge in [0.1, 0.15) is 0 Å². The van der Waals surface area contributed by atoms with Gasteiger partial charge in [-0.2, -0.15) is 10.1 Å². The summed E-state index contributed by atoms with van der Waals surface area (Å²) in [7, 11) is 1.75. The van der Waals surface area contributed by atoms with Crippen molar-refractivity contribution in [3.05, 3.63) is 48.3 Å². The van der Waals surface area contributed by atoms with Gasteiger partial charge in [-0.3, -0.25) is 14.4 Å². The van der Waals surface area contributed by atoms with Crippen molar-refractivity contribution in [3.63, 3.8) is 0 Å². The van der Waals surface area contributed by atoms with E-state index in [0.29, 0.717) is 16.5 Å². The second kappa shape index (κ2) is 5.58. The lowest BCUT2D eigenvalue weighted by Crippen LogP contribution is -2.45. The van der Waals surface area contributed by atoms with Crippen LogP contribution in [0.2, 0.25) is 0 Å². The van der Waals surface area contributed by atoms with Gasteiger partial charge < -0.3 is 5.11 Å². The number of aromatic nitrogens is 2. The van der Waals surface area contributed by atoms with Gasteiger partial charge in [0.05, 0.1) is 11.8 Å². The van der Waals surface area contributed by atoms with Crippen molar-refractivity contribution in [2.45, 2.75) is 12.6 Å². The van der Waals surface area contributed by atoms with Crippen molar-refractivity contribution in [2.75, 3.05) is 10.7 Å². The highest BCUT2D eigenvalue weighted by atomic mass is 32.2. The lowest BCUT2D eigenvalue weighted by molar-refractivity contribution is 0.0983. The number of para-hydroxylation sites is 1. The number of hydrogen-bond acceptors (Lipinski definition) is 4. The predicted molar refractivity (Wildman–Crippen MR) is 87.0 cm³/mol. The third kappa shape index (κ3) is 2.77. The van der Waals surface area contributed by atoms with E-state index in [4.69, 9.17) is 0 Å². The second-order valence-corrected chi connectivity index (χ2v) is 6.22. The van der Waals surface area contributed by atoms with Gasteiger partial charge in [-0.15, -0.1) is 0 Å². The molecule has 1 fully saturated rings. The smallest absolute Gasteiger partial charge is 0.282 e. The molecular weight excluding hydrogens is 300 g/mol. The van der Waals surface area contributed by atoms with Gasteiger partial charge in [-0.05, 0) is 19.1 Å². The Kier molecular flexibility index (Phi) is 3.76. The Morgan fingerprint density at radius 2 is 2.14 bits per heavy atom. The molecule has 1 aliphatic rings. The van der Waals surface area contributed by atoms with E-state index in [-0.39, 0.29) is 5.91 Å². The van der Waals surface area contributed by atoms with Gasteiger partial charge in [0, 0.05) is 24.7 Å². The van der Waals surface area contributed by atoms with Crippen molar-refractivity contribution in [1.82, 2.24) is 9.78 Å². The molecule has 0 saturated carbocycles. The molecule has 1 aliphatic heterocycles. The third-order valence-corrected chi connectivity index (χ3v) is 4.53. The van der Waals surface area contributed by atoms with Crippen molar-refractivity contribution in [3.8, 4) is 0 Å². The number of aliphatic imine (C=N–C) groups is 1. The summed E-state index contributed by atoms with van der Waals surface area (Å²) >= 11 is 1.36. The molecule has 114 valence electrons. The van der Waals surface area contributed by atoms with Crippen LogP contribution in [0.1, 0.15) is 17.3 Å².